The SMILES string of the molecule is COc1ccccc1[S@](=O)CC(=O)NCc1cc(F)cc(F)c1. The van der Waals surface area contributed by atoms with Crippen LogP contribution in [0, 0.1) is 11.6 Å². The summed E-state index contributed by atoms with van der Waals surface area (Å²) in [5.41, 5.74) is 0.291. The molecule has 0 aliphatic carbocycles. The zero-order chi connectivity index (χ0) is 16.8. The molecule has 2 rings (SSSR count). The Bertz CT molecular complexity index is 717. The maximum Gasteiger partial charge on any atom is 0.233 e. The topological polar surface area (TPSA) is 55.4 Å². The number of nitrogens with one attached hydrogen (secondary N) is 1. The van der Waals surface area contributed by atoms with Crippen LogP contribution in [0.1, 0.15) is 5.56 Å². The van der Waals surface area contributed by atoms with Gasteiger partial charge < -0.3 is 10.1 Å². The Morgan fingerprint density at radius 2 is 1.83 bits per heavy atom. The van der Waals surface area contributed by atoms with Gasteiger partial charge in [-0.3, -0.25) is 9.00 Å². The molecular formula is C16H15F2NO3S. The van der Waals surface area contributed by atoms with Gasteiger partial charge in [0.2, 0.25) is 5.91 Å². The van der Waals surface area contributed by atoms with E-state index in [4.69, 9.17) is 4.74 Å². The predicted molar refractivity (Wildman–Crippen MR) is 82.5 cm³/mol. The van der Waals surface area contributed by atoms with Gasteiger partial charge in [0.15, 0.2) is 0 Å². The molecule has 2 aromatic carbocycles. The summed E-state index contributed by atoms with van der Waals surface area (Å²) in [5, 5.41) is 2.49. The van der Waals surface area contributed by atoms with Crippen molar-refractivity contribution in [1.82, 2.24) is 5.32 Å². The smallest absolute Gasteiger partial charge is 0.233 e. The third-order valence-electron chi connectivity index (χ3n) is 2.99. The number of methoxy groups -OCH3 is 1. The summed E-state index contributed by atoms with van der Waals surface area (Å²) in [6.45, 7) is -0.0450. The number of carbonyl (C=O) groups is 1. The number of amides is 1. The fraction of sp³-hybridized carbons (Fsp3) is 0.188. The Balaban J connectivity index is 1.95. The molecule has 23 heavy (non-hydrogen) atoms. The van der Waals surface area contributed by atoms with Crippen molar-refractivity contribution in [3.05, 3.63) is 59.7 Å². The quantitative estimate of drug-likeness (QED) is 0.879. The van der Waals surface area contributed by atoms with Crippen LogP contribution in [0.2, 0.25) is 0 Å². The van der Waals surface area contributed by atoms with Crippen molar-refractivity contribution in [2.45, 2.75) is 11.4 Å². The van der Waals surface area contributed by atoms with E-state index in [9.17, 15) is 17.8 Å². The standard InChI is InChI=1S/C16H15F2NO3S/c1-22-14-4-2-3-5-15(14)23(21)10-16(20)19-9-11-6-12(17)8-13(18)7-11/h2-8H,9-10H2,1H3,(H,19,20)/t23-/m1/s1. The summed E-state index contributed by atoms with van der Waals surface area (Å²) >= 11 is 0. The minimum absolute atomic E-state index is 0.0450. The van der Waals surface area contributed by atoms with Crippen molar-refractivity contribution < 1.29 is 22.5 Å². The molecule has 122 valence electrons. The zero-order valence-corrected chi connectivity index (χ0v) is 13.2. The van der Waals surface area contributed by atoms with Crippen molar-refractivity contribution in [2.24, 2.45) is 0 Å². The van der Waals surface area contributed by atoms with Gasteiger partial charge in [-0.25, -0.2) is 8.78 Å². The average Bonchev–Trinajstić information content (AvgIpc) is 2.52. The van der Waals surface area contributed by atoms with Gasteiger partial charge in [0.25, 0.3) is 0 Å². The molecular weight excluding hydrogens is 324 g/mol. The largest absolute Gasteiger partial charge is 0.495 e. The van der Waals surface area contributed by atoms with E-state index in [0.717, 1.165) is 18.2 Å². The van der Waals surface area contributed by atoms with Crippen LogP contribution < -0.4 is 10.1 Å². The van der Waals surface area contributed by atoms with E-state index in [-0.39, 0.29) is 12.3 Å². The van der Waals surface area contributed by atoms with Crippen molar-refractivity contribution in [3.63, 3.8) is 0 Å². The van der Waals surface area contributed by atoms with Gasteiger partial charge in [0.1, 0.15) is 23.1 Å². The van der Waals surface area contributed by atoms with Gasteiger partial charge in [0, 0.05) is 12.6 Å². The molecule has 0 radical (unpaired) electrons. The summed E-state index contributed by atoms with van der Waals surface area (Å²) in [7, 11) is -0.124. The Kier molecular flexibility index (Phi) is 5.81. The van der Waals surface area contributed by atoms with E-state index in [0.29, 0.717) is 16.2 Å². The van der Waals surface area contributed by atoms with Crippen molar-refractivity contribution in [1.29, 1.82) is 0 Å². The highest BCUT2D eigenvalue weighted by molar-refractivity contribution is 7.85. The van der Waals surface area contributed by atoms with Crippen LogP contribution in [0.3, 0.4) is 0 Å². The van der Waals surface area contributed by atoms with Gasteiger partial charge in [-0.15, -0.1) is 0 Å². The van der Waals surface area contributed by atoms with Crippen molar-refractivity contribution in [2.75, 3.05) is 12.9 Å². The highest BCUT2D eigenvalue weighted by atomic mass is 32.2. The summed E-state index contributed by atoms with van der Waals surface area (Å²) in [6.07, 6.45) is 0. The van der Waals surface area contributed by atoms with Crippen molar-refractivity contribution >= 4 is 16.7 Å². The van der Waals surface area contributed by atoms with Crippen LogP contribution in [0.4, 0.5) is 8.78 Å². The van der Waals surface area contributed by atoms with Crippen LogP contribution in [0.25, 0.3) is 0 Å². The number of para-hydroxylation sites is 1. The van der Waals surface area contributed by atoms with E-state index >= 15 is 0 Å². The second kappa shape index (κ2) is 7.82. The lowest BCUT2D eigenvalue weighted by molar-refractivity contribution is -0.118. The highest BCUT2D eigenvalue weighted by Gasteiger charge is 2.14. The Labute approximate surface area is 134 Å². The first kappa shape index (κ1) is 17.1. The maximum atomic E-state index is 13.1. The molecule has 1 atom stereocenters. The minimum Gasteiger partial charge on any atom is -0.495 e. The normalized spacial score (nSPS) is 11.8. The van der Waals surface area contributed by atoms with Crippen LogP contribution in [0.5, 0.6) is 5.75 Å². The zero-order valence-electron chi connectivity index (χ0n) is 12.3. The molecule has 0 unspecified atom stereocenters. The Hall–Kier alpha value is -2.28. The summed E-state index contributed by atoms with van der Waals surface area (Å²) in [6, 6.07) is 9.70. The summed E-state index contributed by atoms with van der Waals surface area (Å²) < 4.78 is 43.4. The number of carbonyl (C=O) groups excluding carboxylic acids is 1. The molecule has 0 aromatic heterocycles. The lowest BCUT2D eigenvalue weighted by Gasteiger charge is -2.09. The second-order valence-electron chi connectivity index (χ2n) is 4.70. The first-order chi connectivity index (χ1) is 11.0. The number of halogens is 2. The van der Waals surface area contributed by atoms with Crippen LogP contribution in [-0.2, 0) is 22.1 Å². The van der Waals surface area contributed by atoms with Gasteiger partial charge >= 0.3 is 0 Å². The molecule has 1 amide bonds. The van der Waals surface area contributed by atoms with Gasteiger partial charge in [-0.2, -0.15) is 0 Å². The first-order valence-corrected chi connectivity index (χ1v) is 8.04. The Morgan fingerprint density at radius 3 is 2.48 bits per heavy atom. The molecule has 4 nitrogen and oxygen atoms in total. The summed E-state index contributed by atoms with van der Waals surface area (Å²) in [4.78, 5) is 12.3. The molecule has 0 aliphatic rings. The number of ether oxygens (including phenoxy) is 1. The molecule has 0 fully saturated rings. The lowest BCUT2D eigenvalue weighted by atomic mass is 10.2. The molecule has 2 aromatic rings. The van der Waals surface area contributed by atoms with Crippen LogP contribution in [-0.4, -0.2) is 23.0 Å². The molecule has 0 heterocycles. The van der Waals surface area contributed by atoms with E-state index in [1.54, 1.807) is 24.3 Å². The predicted octanol–water partition coefficient (Wildman–Crippen LogP) is 2.40. The number of hydrogen-bond donors (Lipinski definition) is 1. The third kappa shape index (κ3) is 4.85. The fourth-order valence-corrected chi connectivity index (χ4v) is 3.07. The number of hydrogen-bond acceptors (Lipinski definition) is 3. The van der Waals surface area contributed by atoms with E-state index in [1.165, 1.54) is 7.11 Å². The second-order valence-corrected chi connectivity index (χ2v) is 6.11. The molecule has 0 aliphatic heterocycles. The van der Waals surface area contributed by atoms with E-state index in [2.05, 4.69) is 5.32 Å². The molecule has 7 heteroatoms. The van der Waals surface area contributed by atoms with Gasteiger partial charge in [-0.05, 0) is 29.8 Å². The Morgan fingerprint density at radius 1 is 1.17 bits per heavy atom. The molecule has 1 N–H and O–H groups in total. The summed E-state index contributed by atoms with van der Waals surface area (Å²) in [5.74, 6) is -1.75. The van der Waals surface area contributed by atoms with Crippen molar-refractivity contribution in [3.8, 4) is 5.75 Å². The fourth-order valence-electron chi connectivity index (χ4n) is 1.97. The number of rotatable bonds is 6. The average molecular weight is 339 g/mol. The number of benzene rings is 2. The van der Waals surface area contributed by atoms with Crippen LogP contribution in [0.15, 0.2) is 47.4 Å². The van der Waals surface area contributed by atoms with E-state index in [1.807, 2.05) is 0 Å². The third-order valence-corrected chi connectivity index (χ3v) is 4.34. The van der Waals surface area contributed by atoms with E-state index < -0.39 is 28.3 Å². The molecule has 0 saturated carbocycles. The maximum absolute atomic E-state index is 13.1. The minimum atomic E-state index is -1.58. The molecule has 0 bridgehead atoms. The molecule has 0 spiro atoms. The van der Waals surface area contributed by atoms with Gasteiger partial charge in [0.05, 0.1) is 22.8 Å². The molecule has 0 saturated heterocycles. The first-order valence-electron chi connectivity index (χ1n) is 6.72. The monoisotopic (exact) mass is 339 g/mol. The highest BCUT2D eigenvalue weighted by Crippen LogP contribution is 2.21. The van der Waals surface area contributed by atoms with Crippen LogP contribution >= 0.6 is 0 Å². The van der Waals surface area contributed by atoms with Gasteiger partial charge in [-0.1, -0.05) is 12.1 Å². The lowest BCUT2D eigenvalue weighted by Crippen LogP contribution is -2.28.